The molecule has 7 nitrogen and oxygen atoms in total. The maximum atomic E-state index is 12.6. The molecule has 0 saturated carbocycles. The molecule has 2 N–H and O–H groups in total. The highest BCUT2D eigenvalue weighted by molar-refractivity contribution is 7.99. The van der Waals surface area contributed by atoms with E-state index in [0.717, 1.165) is 16.8 Å². The normalized spacial score (nSPS) is 11.6. The monoisotopic (exact) mass is 449 g/mol. The van der Waals surface area contributed by atoms with E-state index in [1.165, 1.54) is 11.8 Å². The number of thioether (sulfide) groups is 1. The van der Waals surface area contributed by atoms with Crippen LogP contribution in [-0.2, 0) is 11.3 Å². The number of nitrogens with zero attached hydrogens (tertiary/aromatic N) is 3. The van der Waals surface area contributed by atoms with Crippen molar-refractivity contribution in [2.45, 2.75) is 38.5 Å². The summed E-state index contributed by atoms with van der Waals surface area (Å²) in [6, 6.07) is 14.7. The van der Waals surface area contributed by atoms with Gasteiger partial charge in [-0.25, -0.2) is 0 Å². The van der Waals surface area contributed by atoms with Crippen molar-refractivity contribution in [3.8, 4) is 0 Å². The summed E-state index contributed by atoms with van der Waals surface area (Å²) in [4.78, 5) is 24.9. The predicted molar refractivity (Wildman–Crippen MR) is 128 cm³/mol. The molecule has 3 aromatic rings. The van der Waals surface area contributed by atoms with Gasteiger partial charge < -0.3 is 15.2 Å². The zero-order valence-electron chi connectivity index (χ0n) is 18.5. The Morgan fingerprint density at radius 2 is 1.88 bits per heavy atom. The fraction of sp³-hybridized carbons (Fsp3) is 0.250. The summed E-state index contributed by atoms with van der Waals surface area (Å²) in [7, 11) is 0. The Labute approximate surface area is 192 Å². The molecule has 0 aliphatic heterocycles. The minimum Gasteiger partial charge on any atom is -0.342 e. The number of anilines is 1. The lowest BCUT2D eigenvalue weighted by atomic mass is 10.1. The zero-order valence-corrected chi connectivity index (χ0v) is 19.3. The van der Waals surface area contributed by atoms with Crippen LogP contribution in [0.3, 0.4) is 0 Å². The number of benzene rings is 2. The lowest BCUT2D eigenvalue weighted by molar-refractivity contribution is -0.113. The molecule has 32 heavy (non-hydrogen) atoms. The van der Waals surface area contributed by atoms with E-state index in [2.05, 4.69) is 27.4 Å². The molecule has 2 amide bonds. The summed E-state index contributed by atoms with van der Waals surface area (Å²) in [5.41, 5.74) is 3.51. The molecule has 0 spiro atoms. The number of nitrogens with one attached hydrogen (secondary N) is 2. The molecule has 1 heterocycles. The summed E-state index contributed by atoms with van der Waals surface area (Å²) < 4.78 is 1.86. The number of aromatic nitrogens is 3. The van der Waals surface area contributed by atoms with Gasteiger partial charge in [-0.05, 0) is 50.6 Å². The van der Waals surface area contributed by atoms with Crippen LogP contribution in [0.4, 0.5) is 5.69 Å². The molecular formula is C24H27N5O2S. The van der Waals surface area contributed by atoms with Gasteiger partial charge in [-0.3, -0.25) is 9.59 Å². The first kappa shape index (κ1) is 23.3. The fourth-order valence-corrected chi connectivity index (χ4v) is 3.88. The van der Waals surface area contributed by atoms with Crippen molar-refractivity contribution in [3.63, 3.8) is 0 Å². The van der Waals surface area contributed by atoms with Crippen LogP contribution in [0.5, 0.6) is 0 Å². The van der Waals surface area contributed by atoms with Crippen LogP contribution >= 0.6 is 11.8 Å². The molecule has 1 aromatic heterocycles. The third kappa shape index (κ3) is 6.07. The summed E-state index contributed by atoms with van der Waals surface area (Å²) >= 11 is 1.29. The van der Waals surface area contributed by atoms with Gasteiger partial charge in [-0.1, -0.05) is 47.7 Å². The Morgan fingerprint density at radius 3 is 2.56 bits per heavy atom. The molecular weight excluding hydrogens is 422 g/mol. The molecule has 0 unspecified atom stereocenters. The second kappa shape index (κ2) is 10.8. The standard InChI is InChI=1S/C24H27N5O2S/c1-5-13-29-22(18(4)25-23(31)19-11-9-16(2)10-12-19)27-28-24(29)32-15-21(30)26-20-8-6-7-17(3)14-20/h5-12,14,18H,1,13,15H2,2-4H3,(H,25,31)(H,26,30)/t18-/m0/s1. The number of aryl methyl sites for hydroxylation is 2. The minimum atomic E-state index is -0.369. The van der Waals surface area contributed by atoms with Crippen LogP contribution in [0.1, 0.15) is 40.3 Å². The summed E-state index contributed by atoms with van der Waals surface area (Å²) in [5, 5.41) is 14.9. The first-order valence-corrected chi connectivity index (χ1v) is 11.3. The van der Waals surface area contributed by atoms with Gasteiger partial charge in [0.2, 0.25) is 5.91 Å². The molecule has 1 atom stereocenters. The largest absolute Gasteiger partial charge is 0.342 e. The van der Waals surface area contributed by atoms with Crippen LogP contribution in [0.2, 0.25) is 0 Å². The van der Waals surface area contributed by atoms with Gasteiger partial charge in [0, 0.05) is 17.8 Å². The number of carbonyl (C=O) groups excluding carboxylic acids is 2. The van der Waals surface area contributed by atoms with Crippen LogP contribution in [-0.4, -0.2) is 32.3 Å². The van der Waals surface area contributed by atoms with Gasteiger partial charge in [0.05, 0.1) is 11.8 Å². The van der Waals surface area contributed by atoms with Gasteiger partial charge in [0.25, 0.3) is 5.91 Å². The third-order valence-electron chi connectivity index (χ3n) is 4.74. The molecule has 0 aliphatic rings. The Hall–Kier alpha value is -3.39. The summed E-state index contributed by atoms with van der Waals surface area (Å²) in [5.74, 6) is 0.480. The molecule has 0 bridgehead atoms. The topological polar surface area (TPSA) is 88.9 Å². The Morgan fingerprint density at radius 1 is 1.12 bits per heavy atom. The molecule has 2 aromatic carbocycles. The van der Waals surface area contributed by atoms with Crippen LogP contribution in [0, 0.1) is 13.8 Å². The van der Waals surface area contributed by atoms with Gasteiger partial charge in [0.1, 0.15) is 0 Å². The Kier molecular flexibility index (Phi) is 7.83. The number of rotatable bonds is 9. The molecule has 3 rings (SSSR count). The van der Waals surface area contributed by atoms with Gasteiger partial charge in [-0.15, -0.1) is 16.8 Å². The van der Waals surface area contributed by atoms with Crippen LogP contribution < -0.4 is 10.6 Å². The average molecular weight is 450 g/mol. The number of hydrogen-bond acceptors (Lipinski definition) is 5. The fourth-order valence-electron chi connectivity index (χ4n) is 3.13. The highest BCUT2D eigenvalue weighted by Gasteiger charge is 2.20. The van der Waals surface area contributed by atoms with Crippen molar-refractivity contribution >= 4 is 29.3 Å². The Balaban J connectivity index is 1.66. The van der Waals surface area contributed by atoms with Gasteiger partial charge >= 0.3 is 0 Å². The van der Waals surface area contributed by atoms with Crippen LogP contribution in [0.25, 0.3) is 0 Å². The maximum absolute atomic E-state index is 12.6. The van der Waals surface area contributed by atoms with Crippen molar-refractivity contribution in [2.75, 3.05) is 11.1 Å². The average Bonchev–Trinajstić information content (AvgIpc) is 3.15. The SMILES string of the molecule is C=CCn1c(SCC(=O)Nc2cccc(C)c2)nnc1[C@H](C)NC(=O)c1ccc(C)cc1. The van der Waals surface area contributed by atoms with E-state index >= 15 is 0 Å². The summed E-state index contributed by atoms with van der Waals surface area (Å²) in [6.07, 6.45) is 1.73. The lowest BCUT2D eigenvalue weighted by Gasteiger charge is -2.15. The highest BCUT2D eigenvalue weighted by atomic mass is 32.2. The van der Waals surface area contributed by atoms with Crippen LogP contribution in [0.15, 0.2) is 66.3 Å². The second-order valence-electron chi connectivity index (χ2n) is 7.51. The molecule has 0 aliphatic carbocycles. The molecule has 166 valence electrons. The Bertz CT molecular complexity index is 1110. The number of amides is 2. The van der Waals surface area contributed by atoms with Gasteiger partial charge in [-0.2, -0.15) is 0 Å². The first-order chi connectivity index (χ1) is 15.4. The smallest absolute Gasteiger partial charge is 0.251 e. The number of carbonyl (C=O) groups is 2. The van der Waals surface area contributed by atoms with E-state index in [4.69, 9.17) is 0 Å². The maximum Gasteiger partial charge on any atom is 0.251 e. The van der Waals surface area contributed by atoms with E-state index < -0.39 is 0 Å². The number of hydrogen-bond donors (Lipinski definition) is 2. The quantitative estimate of drug-likeness (QED) is 0.376. The predicted octanol–water partition coefficient (Wildman–Crippen LogP) is 4.30. The summed E-state index contributed by atoms with van der Waals surface area (Å²) in [6.45, 7) is 10.1. The second-order valence-corrected chi connectivity index (χ2v) is 8.45. The van der Waals surface area contributed by atoms with E-state index in [1.807, 2.05) is 61.7 Å². The van der Waals surface area contributed by atoms with Crippen molar-refractivity contribution < 1.29 is 9.59 Å². The molecule has 0 radical (unpaired) electrons. The van der Waals surface area contributed by atoms with E-state index in [-0.39, 0.29) is 23.6 Å². The van der Waals surface area contributed by atoms with E-state index in [9.17, 15) is 9.59 Å². The van der Waals surface area contributed by atoms with Crippen molar-refractivity contribution in [2.24, 2.45) is 0 Å². The highest BCUT2D eigenvalue weighted by Crippen LogP contribution is 2.21. The van der Waals surface area contributed by atoms with Crippen molar-refractivity contribution in [1.82, 2.24) is 20.1 Å². The molecule has 8 heteroatoms. The number of allylic oxidation sites excluding steroid dienone is 1. The van der Waals surface area contributed by atoms with Crippen molar-refractivity contribution in [3.05, 3.63) is 83.7 Å². The first-order valence-electron chi connectivity index (χ1n) is 10.3. The molecule has 0 fully saturated rings. The van der Waals surface area contributed by atoms with Gasteiger partial charge in [0.15, 0.2) is 11.0 Å². The van der Waals surface area contributed by atoms with E-state index in [1.54, 1.807) is 18.2 Å². The zero-order chi connectivity index (χ0) is 23.1. The minimum absolute atomic E-state index is 0.129. The van der Waals surface area contributed by atoms with Crippen molar-refractivity contribution in [1.29, 1.82) is 0 Å². The molecule has 0 saturated heterocycles. The lowest BCUT2D eigenvalue weighted by Crippen LogP contribution is -2.28. The third-order valence-corrected chi connectivity index (χ3v) is 5.71. The van der Waals surface area contributed by atoms with E-state index in [0.29, 0.717) is 23.1 Å².